The topological polar surface area (TPSA) is 54.9 Å². The molecular weight excluding hydrogens is 482 g/mol. The molecule has 1 amide bonds. The lowest BCUT2D eigenvalue weighted by atomic mass is 9.88. The predicted octanol–water partition coefficient (Wildman–Crippen LogP) is 6.21. The Morgan fingerprint density at radius 3 is 1.95 bits per heavy atom. The van der Waals surface area contributed by atoms with Crippen LogP contribution in [0.3, 0.4) is 0 Å². The molecule has 194 valence electrons. The average Bonchev–Trinajstić information content (AvgIpc) is 3.39. The maximum absolute atomic E-state index is 14.1. The number of fused-ring (bicyclic) bond motifs is 1. The van der Waals surface area contributed by atoms with Gasteiger partial charge in [-0.2, -0.15) is 0 Å². The van der Waals surface area contributed by atoms with Crippen molar-refractivity contribution in [2.24, 2.45) is 0 Å². The van der Waals surface area contributed by atoms with Crippen LogP contribution in [0.4, 0.5) is 5.13 Å². The van der Waals surface area contributed by atoms with E-state index in [0.717, 1.165) is 41.2 Å². The number of anilines is 1. The number of rotatable bonds is 12. The van der Waals surface area contributed by atoms with E-state index in [1.54, 1.807) is 14.2 Å². The largest absolute Gasteiger partial charge is 0.495 e. The lowest BCUT2D eigenvalue weighted by Gasteiger charge is -2.26. The molecule has 37 heavy (non-hydrogen) atoms. The van der Waals surface area contributed by atoms with Crippen LogP contribution in [0.5, 0.6) is 11.5 Å². The second-order valence-corrected chi connectivity index (χ2v) is 9.77. The van der Waals surface area contributed by atoms with Gasteiger partial charge in [0.2, 0.25) is 5.91 Å². The third-order valence-corrected chi connectivity index (χ3v) is 7.84. The Morgan fingerprint density at radius 2 is 1.41 bits per heavy atom. The van der Waals surface area contributed by atoms with Crippen LogP contribution in [0, 0.1) is 0 Å². The number of nitrogens with zero attached hydrogens (tertiary/aromatic N) is 3. The predicted molar refractivity (Wildman–Crippen MR) is 152 cm³/mol. The van der Waals surface area contributed by atoms with Gasteiger partial charge in [0.05, 0.1) is 14.2 Å². The van der Waals surface area contributed by atoms with E-state index in [2.05, 4.69) is 43.0 Å². The van der Waals surface area contributed by atoms with Crippen molar-refractivity contribution in [3.63, 3.8) is 0 Å². The van der Waals surface area contributed by atoms with E-state index in [0.29, 0.717) is 29.4 Å². The third kappa shape index (κ3) is 6.12. The maximum atomic E-state index is 14.1. The molecule has 3 aromatic carbocycles. The smallest absolute Gasteiger partial charge is 0.229 e. The molecule has 0 bridgehead atoms. The van der Waals surface area contributed by atoms with Crippen molar-refractivity contribution in [3.8, 4) is 11.5 Å². The third-order valence-electron chi connectivity index (χ3n) is 6.75. The van der Waals surface area contributed by atoms with Gasteiger partial charge in [-0.3, -0.25) is 9.69 Å². The minimum absolute atomic E-state index is 0.0434. The summed E-state index contributed by atoms with van der Waals surface area (Å²) in [6.07, 6.45) is 0.344. The molecule has 0 unspecified atom stereocenters. The van der Waals surface area contributed by atoms with Gasteiger partial charge in [-0.25, -0.2) is 4.98 Å². The number of benzene rings is 3. The molecule has 4 rings (SSSR count). The second kappa shape index (κ2) is 12.7. The summed E-state index contributed by atoms with van der Waals surface area (Å²) in [5, 5.41) is 0.662. The Kier molecular flexibility index (Phi) is 9.14. The van der Waals surface area contributed by atoms with E-state index in [-0.39, 0.29) is 11.8 Å². The first-order valence-corrected chi connectivity index (χ1v) is 13.5. The highest BCUT2D eigenvalue weighted by molar-refractivity contribution is 7.22. The van der Waals surface area contributed by atoms with Crippen molar-refractivity contribution in [2.45, 2.75) is 26.2 Å². The van der Waals surface area contributed by atoms with Crippen LogP contribution in [0.2, 0.25) is 0 Å². The van der Waals surface area contributed by atoms with Crippen LogP contribution in [0.15, 0.2) is 72.8 Å². The molecule has 6 nitrogen and oxygen atoms in total. The lowest BCUT2D eigenvalue weighted by molar-refractivity contribution is -0.118. The fourth-order valence-corrected chi connectivity index (χ4v) is 5.70. The minimum Gasteiger partial charge on any atom is -0.495 e. The highest BCUT2D eigenvalue weighted by Crippen LogP contribution is 2.40. The highest BCUT2D eigenvalue weighted by atomic mass is 32.1. The van der Waals surface area contributed by atoms with E-state index in [9.17, 15) is 4.79 Å². The number of hydrogen-bond donors (Lipinski definition) is 0. The van der Waals surface area contributed by atoms with Gasteiger partial charge in [-0.05, 0) is 36.3 Å². The summed E-state index contributed by atoms with van der Waals surface area (Å²) in [5.41, 5.74) is 2.96. The molecule has 7 heteroatoms. The fraction of sp³-hybridized carbons (Fsp3) is 0.333. The minimum atomic E-state index is -0.0516. The van der Waals surface area contributed by atoms with Crippen LogP contribution >= 0.6 is 11.3 Å². The highest BCUT2D eigenvalue weighted by Gasteiger charge is 2.26. The standard InChI is InChI=1S/C30H35N3O3S/c1-5-32(6-2)19-20-33(30-31-28-25(35-3)17-18-26(36-4)29(28)37-30)27(34)21-24(22-13-9-7-10-14-22)23-15-11-8-12-16-23/h7-18,24H,5-6,19-21H2,1-4H3. The van der Waals surface area contributed by atoms with Gasteiger partial charge < -0.3 is 14.4 Å². The van der Waals surface area contributed by atoms with Crippen LogP contribution < -0.4 is 14.4 Å². The lowest BCUT2D eigenvalue weighted by Crippen LogP contribution is -2.39. The Hall–Kier alpha value is -3.42. The molecule has 1 aromatic heterocycles. The average molecular weight is 518 g/mol. The Balaban J connectivity index is 1.73. The molecule has 0 saturated heterocycles. The first-order valence-electron chi connectivity index (χ1n) is 12.7. The number of aromatic nitrogens is 1. The van der Waals surface area contributed by atoms with Crippen molar-refractivity contribution in [1.82, 2.24) is 9.88 Å². The summed E-state index contributed by atoms with van der Waals surface area (Å²) < 4.78 is 12.0. The van der Waals surface area contributed by atoms with Crippen molar-refractivity contribution in [1.29, 1.82) is 0 Å². The van der Waals surface area contributed by atoms with Gasteiger partial charge in [-0.15, -0.1) is 0 Å². The fourth-order valence-electron chi connectivity index (χ4n) is 4.58. The number of carbonyl (C=O) groups excluding carboxylic acids is 1. The molecule has 0 aliphatic carbocycles. The van der Waals surface area contributed by atoms with Crippen LogP contribution in [0.25, 0.3) is 10.2 Å². The van der Waals surface area contributed by atoms with E-state index in [4.69, 9.17) is 14.5 Å². The second-order valence-electron chi connectivity index (χ2n) is 8.79. The van der Waals surface area contributed by atoms with Crippen LogP contribution in [0.1, 0.15) is 37.3 Å². The molecule has 0 atom stereocenters. The summed E-state index contributed by atoms with van der Waals surface area (Å²) in [7, 11) is 3.28. The first kappa shape index (κ1) is 26.6. The normalized spacial score (nSPS) is 11.3. The molecular formula is C30H35N3O3S. The number of carbonyl (C=O) groups is 1. The van der Waals surface area contributed by atoms with Gasteiger partial charge >= 0.3 is 0 Å². The first-order chi connectivity index (χ1) is 18.1. The molecule has 0 saturated carbocycles. The molecule has 0 N–H and O–H groups in total. The van der Waals surface area contributed by atoms with Gasteiger partial charge in [0.25, 0.3) is 0 Å². The molecule has 0 spiro atoms. The van der Waals surface area contributed by atoms with Gasteiger partial charge in [0, 0.05) is 25.4 Å². The molecule has 0 fully saturated rings. The SMILES string of the molecule is CCN(CC)CCN(C(=O)CC(c1ccccc1)c1ccccc1)c1nc2c(OC)ccc(OC)c2s1. The summed E-state index contributed by atoms with van der Waals surface area (Å²) in [6, 6.07) is 24.2. The number of likely N-dealkylation sites (N-methyl/N-ethyl adjacent to an activating group) is 1. The van der Waals surface area contributed by atoms with E-state index in [1.807, 2.05) is 53.4 Å². The van der Waals surface area contributed by atoms with Gasteiger partial charge in [-0.1, -0.05) is 85.8 Å². The zero-order valence-corrected chi connectivity index (χ0v) is 22.8. The van der Waals surface area contributed by atoms with Crippen LogP contribution in [-0.4, -0.2) is 56.2 Å². The number of hydrogen-bond acceptors (Lipinski definition) is 6. The van der Waals surface area contributed by atoms with E-state index < -0.39 is 0 Å². The van der Waals surface area contributed by atoms with Gasteiger partial charge in [0.1, 0.15) is 21.7 Å². The van der Waals surface area contributed by atoms with Gasteiger partial charge in [0.15, 0.2) is 5.13 Å². The molecule has 4 aromatic rings. The Morgan fingerprint density at radius 1 is 0.838 bits per heavy atom. The van der Waals surface area contributed by atoms with Crippen molar-refractivity contribution >= 4 is 32.6 Å². The number of amides is 1. The summed E-state index contributed by atoms with van der Waals surface area (Å²) in [4.78, 5) is 23.2. The van der Waals surface area contributed by atoms with Crippen molar-refractivity contribution < 1.29 is 14.3 Å². The Bertz CT molecular complexity index is 1210. The van der Waals surface area contributed by atoms with Crippen LogP contribution in [-0.2, 0) is 4.79 Å². The maximum Gasteiger partial charge on any atom is 0.229 e. The van der Waals surface area contributed by atoms with E-state index in [1.165, 1.54) is 11.3 Å². The quantitative estimate of drug-likeness (QED) is 0.224. The van der Waals surface area contributed by atoms with Crippen molar-refractivity contribution in [2.75, 3.05) is 45.3 Å². The number of methoxy groups -OCH3 is 2. The molecule has 0 aliphatic heterocycles. The number of ether oxygens (including phenoxy) is 2. The van der Waals surface area contributed by atoms with Crippen molar-refractivity contribution in [3.05, 3.63) is 83.9 Å². The summed E-state index contributed by atoms with van der Waals surface area (Å²) in [5.74, 6) is 1.38. The van der Waals surface area contributed by atoms with E-state index >= 15 is 0 Å². The molecule has 0 radical (unpaired) electrons. The molecule has 0 aliphatic rings. The Labute approximate surface area is 223 Å². The monoisotopic (exact) mass is 517 g/mol. The zero-order chi connectivity index (χ0) is 26.2. The molecule has 1 heterocycles. The summed E-state index contributed by atoms with van der Waals surface area (Å²) >= 11 is 1.47. The summed E-state index contributed by atoms with van der Waals surface area (Å²) in [6.45, 7) is 7.47. The number of thiazole rings is 1. The zero-order valence-electron chi connectivity index (χ0n) is 22.0.